The molecule has 1 rings (SSSR count). The molecule has 0 radical (unpaired) electrons. The first-order valence-electron chi connectivity index (χ1n) is 6.29. The lowest BCUT2D eigenvalue weighted by Gasteiger charge is -2.28. The third-order valence-electron chi connectivity index (χ3n) is 2.70. The van der Waals surface area contributed by atoms with Crippen LogP contribution in [0.1, 0.15) is 38.8 Å². The quantitative estimate of drug-likeness (QED) is 0.600. The van der Waals surface area contributed by atoms with Gasteiger partial charge in [-0.3, -0.25) is 0 Å². The molecule has 1 aromatic rings. The fourth-order valence-electron chi connectivity index (χ4n) is 1.55. The Morgan fingerprint density at radius 1 is 1.11 bits per heavy atom. The summed E-state index contributed by atoms with van der Waals surface area (Å²) in [6, 6.07) is 7.77. The van der Waals surface area contributed by atoms with Crippen LogP contribution in [0, 0.1) is 6.92 Å². The van der Waals surface area contributed by atoms with Gasteiger partial charge in [0.05, 0.1) is 0 Å². The van der Waals surface area contributed by atoms with Crippen molar-refractivity contribution < 1.29 is 14.3 Å². The zero-order valence-corrected chi connectivity index (χ0v) is 12.3. The summed E-state index contributed by atoms with van der Waals surface area (Å²) < 4.78 is 10.6. The van der Waals surface area contributed by atoms with E-state index in [9.17, 15) is 4.79 Å². The van der Waals surface area contributed by atoms with E-state index in [2.05, 4.69) is 6.58 Å². The van der Waals surface area contributed by atoms with Crippen molar-refractivity contribution in [2.45, 2.75) is 45.8 Å². The molecule has 3 nitrogen and oxygen atoms in total. The highest BCUT2D eigenvalue weighted by atomic mass is 16.7. The summed E-state index contributed by atoms with van der Waals surface area (Å²) in [5.74, 6) is 0. The van der Waals surface area contributed by atoms with Gasteiger partial charge < -0.3 is 9.47 Å². The third kappa shape index (κ3) is 4.43. The Bertz CT molecular complexity index is 454. The van der Waals surface area contributed by atoms with Crippen molar-refractivity contribution in [1.29, 1.82) is 0 Å². The summed E-state index contributed by atoms with van der Waals surface area (Å²) in [6.45, 7) is 12.9. The Morgan fingerprint density at radius 2 is 1.63 bits per heavy atom. The molecule has 0 fully saturated rings. The van der Waals surface area contributed by atoms with E-state index in [1.54, 1.807) is 33.8 Å². The van der Waals surface area contributed by atoms with Gasteiger partial charge in [0.25, 0.3) is 0 Å². The third-order valence-corrected chi connectivity index (χ3v) is 2.70. The highest BCUT2D eigenvalue weighted by Gasteiger charge is 2.30. The van der Waals surface area contributed by atoms with Gasteiger partial charge in [-0.25, -0.2) is 4.79 Å². The molecule has 1 aromatic carbocycles. The van der Waals surface area contributed by atoms with E-state index in [0.717, 1.165) is 11.1 Å². The molecular formula is C16H22O3. The van der Waals surface area contributed by atoms with E-state index < -0.39 is 17.4 Å². The highest BCUT2D eigenvalue weighted by Crippen LogP contribution is 2.28. The predicted octanol–water partition coefficient (Wildman–Crippen LogP) is 4.35. The van der Waals surface area contributed by atoms with Gasteiger partial charge in [-0.1, -0.05) is 36.4 Å². The molecule has 0 aromatic heterocycles. The summed E-state index contributed by atoms with van der Waals surface area (Å²) in [6.07, 6.45) is 0.900. The average Bonchev–Trinajstić information content (AvgIpc) is 2.26. The van der Waals surface area contributed by atoms with Crippen LogP contribution in [0.25, 0.3) is 0 Å². The Labute approximate surface area is 115 Å². The second-order valence-corrected chi connectivity index (χ2v) is 5.74. The summed E-state index contributed by atoms with van der Waals surface area (Å²) >= 11 is 0. The molecule has 1 unspecified atom stereocenters. The Morgan fingerprint density at radius 3 is 2.05 bits per heavy atom. The molecule has 0 saturated carbocycles. The molecule has 0 heterocycles. The van der Waals surface area contributed by atoms with Gasteiger partial charge in [-0.2, -0.15) is 0 Å². The van der Waals surface area contributed by atoms with Crippen LogP contribution < -0.4 is 0 Å². The second kappa shape index (κ2) is 5.47. The van der Waals surface area contributed by atoms with Crippen molar-refractivity contribution in [3.8, 4) is 0 Å². The average molecular weight is 262 g/mol. The van der Waals surface area contributed by atoms with Crippen LogP contribution >= 0.6 is 0 Å². The number of carbonyl (C=O) groups excluding carboxylic acids is 1. The minimum absolute atomic E-state index is 0.577. The standard InChI is InChI=1S/C16H22O3/c1-7-16(6,13-10-8-12(2)9-11-13)19-14(17)18-15(3,4)5/h7-11H,1H2,2-6H3. The van der Waals surface area contributed by atoms with Gasteiger partial charge in [-0.15, -0.1) is 0 Å². The minimum atomic E-state index is -0.893. The fourth-order valence-corrected chi connectivity index (χ4v) is 1.55. The van der Waals surface area contributed by atoms with E-state index >= 15 is 0 Å². The first kappa shape index (κ1) is 15.3. The summed E-state index contributed by atoms with van der Waals surface area (Å²) in [7, 11) is 0. The summed E-state index contributed by atoms with van der Waals surface area (Å²) in [4.78, 5) is 11.8. The van der Waals surface area contributed by atoms with Crippen LogP contribution in [0.15, 0.2) is 36.9 Å². The van der Waals surface area contributed by atoms with Crippen molar-refractivity contribution in [3.05, 3.63) is 48.0 Å². The molecule has 0 aliphatic carbocycles. The first-order valence-corrected chi connectivity index (χ1v) is 6.29. The maximum absolute atomic E-state index is 11.8. The zero-order valence-electron chi connectivity index (χ0n) is 12.3. The van der Waals surface area contributed by atoms with Crippen LogP contribution in [-0.4, -0.2) is 11.8 Å². The van der Waals surface area contributed by atoms with Crippen molar-refractivity contribution in [2.75, 3.05) is 0 Å². The molecule has 3 heteroatoms. The number of aryl methyl sites for hydroxylation is 1. The lowest BCUT2D eigenvalue weighted by atomic mass is 9.95. The molecule has 0 bridgehead atoms. The van der Waals surface area contributed by atoms with Crippen molar-refractivity contribution in [3.63, 3.8) is 0 Å². The zero-order chi connectivity index (χ0) is 14.7. The molecule has 0 aliphatic rings. The highest BCUT2D eigenvalue weighted by molar-refractivity contribution is 5.62. The number of carbonyl (C=O) groups is 1. The number of hydrogen-bond acceptors (Lipinski definition) is 3. The number of hydrogen-bond donors (Lipinski definition) is 0. The molecule has 104 valence electrons. The first-order chi connectivity index (χ1) is 8.66. The van der Waals surface area contributed by atoms with Crippen molar-refractivity contribution in [1.82, 2.24) is 0 Å². The predicted molar refractivity (Wildman–Crippen MR) is 76.0 cm³/mol. The number of ether oxygens (including phenoxy) is 2. The van der Waals surface area contributed by atoms with E-state index in [1.165, 1.54) is 0 Å². The topological polar surface area (TPSA) is 35.5 Å². The van der Waals surface area contributed by atoms with E-state index in [4.69, 9.17) is 9.47 Å². The van der Waals surface area contributed by atoms with E-state index in [1.807, 2.05) is 31.2 Å². The Kier molecular flexibility index (Phi) is 4.40. The monoisotopic (exact) mass is 262 g/mol. The second-order valence-electron chi connectivity index (χ2n) is 5.74. The molecule has 19 heavy (non-hydrogen) atoms. The Balaban J connectivity index is 2.89. The smallest absolute Gasteiger partial charge is 0.429 e. The van der Waals surface area contributed by atoms with Crippen molar-refractivity contribution >= 4 is 6.16 Å². The molecule has 0 amide bonds. The summed E-state index contributed by atoms with van der Waals surface area (Å²) in [5, 5.41) is 0. The SMILES string of the molecule is C=CC(C)(OC(=O)OC(C)(C)C)c1ccc(C)cc1. The molecule has 0 N–H and O–H groups in total. The molecule has 0 spiro atoms. The van der Waals surface area contributed by atoms with Crippen LogP contribution in [0.5, 0.6) is 0 Å². The number of rotatable bonds is 3. The minimum Gasteiger partial charge on any atom is -0.429 e. The van der Waals surface area contributed by atoms with Crippen LogP contribution in [0.4, 0.5) is 4.79 Å². The fraction of sp³-hybridized carbons (Fsp3) is 0.438. The van der Waals surface area contributed by atoms with E-state index in [0.29, 0.717) is 0 Å². The maximum atomic E-state index is 11.8. The van der Waals surface area contributed by atoms with Crippen molar-refractivity contribution in [2.24, 2.45) is 0 Å². The molecular weight excluding hydrogens is 240 g/mol. The molecule has 0 saturated heterocycles. The summed E-state index contributed by atoms with van der Waals surface area (Å²) in [5.41, 5.74) is 0.536. The lowest BCUT2D eigenvalue weighted by Crippen LogP contribution is -2.31. The van der Waals surface area contributed by atoms with Gasteiger partial charge in [0.2, 0.25) is 0 Å². The molecule has 1 atom stereocenters. The van der Waals surface area contributed by atoms with Crippen LogP contribution in [0.3, 0.4) is 0 Å². The molecule has 0 aliphatic heterocycles. The van der Waals surface area contributed by atoms with E-state index in [-0.39, 0.29) is 0 Å². The largest absolute Gasteiger partial charge is 0.510 e. The van der Waals surface area contributed by atoms with Gasteiger partial charge in [0.15, 0.2) is 5.60 Å². The van der Waals surface area contributed by atoms with Crippen LogP contribution in [0.2, 0.25) is 0 Å². The number of benzene rings is 1. The lowest BCUT2D eigenvalue weighted by molar-refractivity contribution is -0.0453. The van der Waals surface area contributed by atoms with Gasteiger partial charge in [0.1, 0.15) is 5.60 Å². The Hall–Kier alpha value is -1.77. The van der Waals surface area contributed by atoms with Crippen LogP contribution in [-0.2, 0) is 15.1 Å². The van der Waals surface area contributed by atoms with Gasteiger partial charge in [-0.05, 0) is 46.3 Å². The maximum Gasteiger partial charge on any atom is 0.510 e. The normalized spacial score (nSPS) is 14.4. The van der Waals surface area contributed by atoms with Gasteiger partial charge in [0, 0.05) is 0 Å². The van der Waals surface area contributed by atoms with Gasteiger partial charge >= 0.3 is 6.16 Å².